The number of hydrogen-bond acceptors (Lipinski definition) is 7. The predicted octanol–water partition coefficient (Wildman–Crippen LogP) is 5.04. The third-order valence-electron chi connectivity index (χ3n) is 6.71. The summed E-state index contributed by atoms with van der Waals surface area (Å²) < 4.78 is 11.6. The van der Waals surface area contributed by atoms with Crippen LogP contribution in [0.3, 0.4) is 0 Å². The first kappa shape index (κ1) is 32.6. The summed E-state index contributed by atoms with van der Waals surface area (Å²) in [7, 11) is 3.16. The van der Waals surface area contributed by atoms with Crippen LogP contribution in [0, 0.1) is 0 Å². The summed E-state index contributed by atoms with van der Waals surface area (Å²) in [6, 6.07) is 9.31. The van der Waals surface area contributed by atoms with Gasteiger partial charge < -0.3 is 25.0 Å². The lowest BCUT2D eigenvalue weighted by Crippen LogP contribution is -2.41. The fraction of sp³-hybridized carbons (Fsp3) is 0.375. The first-order valence-corrected chi connectivity index (χ1v) is 14.0. The number of carbonyl (C=O) groups is 4. The van der Waals surface area contributed by atoms with E-state index in [9.17, 15) is 19.2 Å². The molecule has 0 saturated heterocycles. The number of rotatable bonds is 12. The third kappa shape index (κ3) is 8.53. The van der Waals surface area contributed by atoms with Crippen molar-refractivity contribution in [3.8, 4) is 0 Å². The molecule has 10 heteroatoms. The van der Waals surface area contributed by atoms with Crippen LogP contribution >= 0.6 is 11.6 Å². The van der Waals surface area contributed by atoms with Crippen molar-refractivity contribution in [3.05, 3.63) is 81.7 Å². The standard InChI is InChI=1S/C32H38ClN3O6/c1-20(38)24-9-7-22(33)18-27(24)26(12-15-37)29(41-6)19-36(5)28(13-16-42-32(2,3)4)31(40)35-23-8-10-25-21(17-23)11-14-34-30(25)39/h7-10,12,15,17-19,28H,11,13-14,16H2,1-6H3,(H,34,39)(H,35,40)/b26-12-,29-19+. The molecule has 42 heavy (non-hydrogen) atoms. The van der Waals surface area contributed by atoms with E-state index < -0.39 is 11.6 Å². The number of methoxy groups -OCH3 is 1. The molecule has 2 aromatic carbocycles. The maximum atomic E-state index is 13.7. The van der Waals surface area contributed by atoms with Crippen molar-refractivity contribution in [2.45, 2.75) is 52.2 Å². The van der Waals surface area contributed by atoms with Crippen LogP contribution in [0.5, 0.6) is 0 Å². The van der Waals surface area contributed by atoms with E-state index in [-0.39, 0.29) is 23.4 Å². The zero-order valence-electron chi connectivity index (χ0n) is 24.9. The molecular weight excluding hydrogens is 558 g/mol. The molecule has 9 nitrogen and oxygen atoms in total. The molecule has 2 amide bonds. The number of halogens is 1. The number of nitrogens with zero attached hydrogens (tertiary/aromatic N) is 1. The number of anilines is 1. The number of ether oxygens (including phenoxy) is 2. The molecule has 0 aromatic heterocycles. The van der Waals surface area contributed by atoms with Crippen molar-refractivity contribution in [2.24, 2.45) is 0 Å². The van der Waals surface area contributed by atoms with Gasteiger partial charge in [0.05, 0.1) is 12.7 Å². The summed E-state index contributed by atoms with van der Waals surface area (Å²) in [5.74, 6) is -0.379. The van der Waals surface area contributed by atoms with Gasteiger partial charge in [-0.25, -0.2) is 0 Å². The Morgan fingerprint density at radius 2 is 1.90 bits per heavy atom. The zero-order chi connectivity index (χ0) is 31.0. The van der Waals surface area contributed by atoms with Gasteiger partial charge in [-0.3, -0.25) is 19.2 Å². The van der Waals surface area contributed by atoms with Crippen LogP contribution in [0.15, 0.2) is 54.4 Å². The highest BCUT2D eigenvalue weighted by Gasteiger charge is 2.26. The van der Waals surface area contributed by atoms with E-state index in [0.717, 1.165) is 5.56 Å². The van der Waals surface area contributed by atoms with E-state index in [0.29, 0.717) is 65.3 Å². The third-order valence-corrected chi connectivity index (χ3v) is 6.95. The molecule has 1 unspecified atom stereocenters. The molecule has 2 aromatic rings. The summed E-state index contributed by atoms with van der Waals surface area (Å²) in [5.41, 5.74) is 2.77. The molecule has 0 saturated carbocycles. The highest BCUT2D eigenvalue weighted by atomic mass is 35.5. The van der Waals surface area contributed by atoms with Gasteiger partial charge in [-0.1, -0.05) is 11.6 Å². The number of amides is 2. The van der Waals surface area contributed by atoms with Crippen LogP contribution < -0.4 is 10.6 Å². The maximum absolute atomic E-state index is 13.7. The molecule has 1 aliphatic heterocycles. The molecule has 2 N–H and O–H groups in total. The van der Waals surface area contributed by atoms with Crippen molar-refractivity contribution in [2.75, 3.05) is 32.6 Å². The van der Waals surface area contributed by atoms with Gasteiger partial charge in [0, 0.05) is 60.2 Å². The van der Waals surface area contributed by atoms with Gasteiger partial charge in [0.25, 0.3) is 5.91 Å². The average Bonchev–Trinajstić information content (AvgIpc) is 2.92. The number of aldehydes is 1. The first-order valence-electron chi connectivity index (χ1n) is 13.6. The van der Waals surface area contributed by atoms with Crippen LogP contribution in [0.25, 0.3) is 5.57 Å². The van der Waals surface area contributed by atoms with Gasteiger partial charge in [-0.2, -0.15) is 0 Å². The number of Topliss-reactive ketones (excluding diaryl/α,β-unsaturated/α-hetero) is 1. The molecule has 0 spiro atoms. The van der Waals surface area contributed by atoms with Gasteiger partial charge in [-0.15, -0.1) is 0 Å². The molecule has 0 aliphatic carbocycles. The maximum Gasteiger partial charge on any atom is 0.251 e. The second-order valence-electron chi connectivity index (χ2n) is 11.0. The minimum atomic E-state index is -0.707. The fourth-order valence-corrected chi connectivity index (χ4v) is 4.83. The molecule has 3 rings (SSSR count). The molecule has 224 valence electrons. The number of fused-ring (bicyclic) bond motifs is 1. The van der Waals surface area contributed by atoms with Crippen LogP contribution in [0.2, 0.25) is 5.02 Å². The fourth-order valence-electron chi connectivity index (χ4n) is 4.65. The largest absolute Gasteiger partial charge is 0.495 e. The van der Waals surface area contributed by atoms with Crippen molar-refractivity contribution in [1.29, 1.82) is 0 Å². The summed E-state index contributed by atoms with van der Waals surface area (Å²) in [5, 5.41) is 6.17. The lowest BCUT2D eigenvalue weighted by Gasteiger charge is -2.29. The second kappa shape index (κ2) is 14.3. The number of nitrogens with one attached hydrogen (secondary N) is 2. The van der Waals surface area contributed by atoms with Gasteiger partial charge in [0.1, 0.15) is 18.1 Å². The predicted molar refractivity (Wildman–Crippen MR) is 164 cm³/mol. The monoisotopic (exact) mass is 595 g/mol. The van der Waals surface area contributed by atoms with Crippen LogP contribution in [0.1, 0.15) is 66.0 Å². The van der Waals surface area contributed by atoms with Gasteiger partial charge >= 0.3 is 0 Å². The Bertz CT molecular complexity index is 1410. The minimum Gasteiger partial charge on any atom is -0.495 e. The summed E-state index contributed by atoms with van der Waals surface area (Å²) in [6.07, 6.45) is 4.51. The Balaban J connectivity index is 1.97. The summed E-state index contributed by atoms with van der Waals surface area (Å²) in [4.78, 5) is 51.5. The average molecular weight is 596 g/mol. The Labute approximate surface area is 251 Å². The molecule has 0 radical (unpaired) electrons. The highest BCUT2D eigenvalue weighted by Crippen LogP contribution is 2.30. The minimum absolute atomic E-state index is 0.130. The SMILES string of the molecule is COC(=C/N(C)C(CCOC(C)(C)C)C(=O)Nc1ccc2c(c1)CCNC2=O)/C(=C\C=O)c1cc(Cl)ccc1C(C)=O. The van der Waals surface area contributed by atoms with E-state index in [1.807, 2.05) is 26.8 Å². The number of hydrogen-bond donors (Lipinski definition) is 2. The molecule has 1 atom stereocenters. The summed E-state index contributed by atoms with van der Waals surface area (Å²) >= 11 is 6.25. The van der Waals surface area contributed by atoms with E-state index >= 15 is 0 Å². The lowest BCUT2D eigenvalue weighted by molar-refractivity contribution is -0.121. The second-order valence-corrected chi connectivity index (χ2v) is 11.4. The normalized spacial score (nSPS) is 14.4. The molecule has 1 aliphatic rings. The van der Waals surface area contributed by atoms with Crippen molar-refractivity contribution < 1.29 is 28.7 Å². The summed E-state index contributed by atoms with van der Waals surface area (Å²) in [6.45, 7) is 8.07. The molecular formula is C32H38ClN3O6. The van der Waals surface area contributed by atoms with Gasteiger partial charge in [0.15, 0.2) is 5.78 Å². The topological polar surface area (TPSA) is 114 Å². The molecule has 1 heterocycles. The van der Waals surface area contributed by atoms with E-state index in [1.54, 1.807) is 48.5 Å². The van der Waals surface area contributed by atoms with Gasteiger partial charge in [0.2, 0.25) is 5.91 Å². The van der Waals surface area contributed by atoms with Crippen molar-refractivity contribution in [1.82, 2.24) is 10.2 Å². The number of allylic oxidation sites excluding steroid dienone is 2. The number of carbonyl (C=O) groups excluding carboxylic acids is 4. The zero-order valence-corrected chi connectivity index (χ0v) is 25.6. The molecule has 0 fully saturated rings. The van der Waals surface area contributed by atoms with E-state index in [4.69, 9.17) is 21.1 Å². The van der Waals surface area contributed by atoms with Crippen LogP contribution in [-0.4, -0.2) is 67.7 Å². The number of likely N-dealkylation sites (N-methyl/N-ethyl adjacent to an activating group) is 1. The Morgan fingerprint density at radius 1 is 1.17 bits per heavy atom. The van der Waals surface area contributed by atoms with E-state index in [2.05, 4.69) is 10.6 Å². The Kier molecular flexibility index (Phi) is 11.1. The van der Waals surface area contributed by atoms with Crippen molar-refractivity contribution in [3.63, 3.8) is 0 Å². The lowest BCUT2D eigenvalue weighted by atomic mass is 9.95. The smallest absolute Gasteiger partial charge is 0.251 e. The highest BCUT2D eigenvalue weighted by molar-refractivity contribution is 6.31. The van der Waals surface area contributed by atoms with E-state index in [1.165, 1.54) is 20.1 Å². The van der Waals surface area contributed by atoms with Crippen LogP contribution in [0.4, 0.5) is 5.69 Å². The number of ketones is 1. The van der Waals surface area contributed by atoms with Crippen molar-refractivity contribution >= 4 is 46.7 Å². The first-order chi connectivity index (χ1) is 19.8. The molecule has 0 bridgehead atoms. The van der Waals surface area contributed by atoms with Gasteiger partial charge in [-0.05, 0) is 87.7 Å². The van der Waals surface area contributed by atoms with Crippen LogP contribution in [-0.2, 0) is 25.5 Å². The number of benzene rings is 2. The quantitative estimate of drug-likeness (QED) is 0.116. The Hall–Kier alpha value is -3.95. The Morgan fingerprint density at radius 3 is 2.55 bits per heavy atom.